The highest BCUT2D eigenvalue weighted by molar-refractivity contribution is 6.28. The van der Waals surface area contributed by atoms with Crippen molar-refractivity contribution in [3.63, 3.8) is 0 Å². The van der Waals surface area contributed by atoms with E-state index in [1.807, 2.05) is 0 Å². The minimum atomic E-state index is -0.540. The van der Waals surface area contributed by atoms with Gasteiger partial charge in [-0.1, -0.05) is 26.2 Å². The van der Waals surface area contributed by atoms with E-state index in [1.54, 1.807) is 0 Å². The zero-order chi connectivity index (χ0) is 12.8. The molecular formula is C11H15ClN2O3. The van der Waals surface area contributed by atoms with Gasteiger partial charge >= 0.3 is 0 Å². The summed E-state index contributed by atoms with van der Waals surface area (Å²) in [4.78, 5) is 10.1. The van der Waals surface area contributed by atoms with Crippen molar-refractivity contribution in [2.24, 2.45) is 0 Å². The number of nitro groups is 1. The number of pyridine rings is 1. The number of rotatable bonds is 6. The number of hydrogen-bond acceptors (Lipinski definition) is 3. The highest BCUT2D eigenvalue weighted by atomic mass is 35.5. The van der Waals surface area contributed by atoms with E-state index in [-0.39, 0.29) is 10.8 Å². The maximum absolute atomic E-state index is 11.6. The predicted octanol–water partition coefficient (Wildman–Crippen LogP) is 3.00. The number of aryl methyl sites for hydroxylation is 1. The van der Waals surface area contributed by atoms with Gasteiger partial charge in [0.05, 0.1) is 11.0 Å². The van der Waals surface area contributed by atoms with E-state index >= 15 is 0 Å². The zero-order valence-electron chi connectivity index (χ0n) is 9.69. The molecule has 0 aliphatic carbocycles. The summed E-state index contributed by atoms with van der Waals surface area (Å²) < 4.78 is 0.556. The normalized spacial score (nSPS) is 10.5. The van der Waals surface area contributed by atoms with Gasteiger partial charge in [0.25, 0.3) is 10.8 Å². The Balaban J connectivity index is 2.79. The predicted molar refractivity (Wildman–Crippen MR) is 64.9 cm³/mol. The van der Waals surface area contributed by atoms with Crippen LogP contribution in [0.15, 0.2) is 12.1 Å². The van der Waals surface area contributed by atoms with Crippen molar-refractivity contribution in [3.8, 4) is 0 Å². The Bertz CT molecular complexity index is 410. The fourth-order valence-corrected chi connectivity index (χ4v) is 1.82. The second kappa shape index (κ2) is 6.39. The van der Waals surface area contributed by atoms with Crippen LogP contribution in [0.4, 0.5) is 5.69 Å². The van der Waals surface area contributed by atoms with Gasteiger partial charge in [0.1, 0.15) is 6.07 Å². The fourth-order valence-electron chi connectivity index (χ4n) is 1.60. The van der Waals surface area contributed by atoms with Gasteiger partial charge in [-0.25, -0.2) is 0 Å². The summed E-state index contributed by atoms with van der Waals surface area (Å²) in [5.74, 6) is 0. The third kappa shape index (κ3) is 3.85. The molecule has 1 aromatic heterocycles. The first-order valence-corrected chi connectivity index (χ1v) is 6.00. The van der Waals surface area contributed by atoms with Gasteiger partial charge in [-0.2, -0.15) is 4.73 Å². The number of hydrogen-bond donors (Lipinski definition) is 0. The van der Waals surface area contributed by atoms with Gasteiger partial charge in [0.15, 0.2) is 0 Å². The molecule has 1 heterocycles. The van der Waals surface area contributed by atoms with Crippen LogP contribution in [0.3, 0.4) is 0 Å². The smallest absolute Gasteiger partial charge is 0.293 e. The molecule has 0 aromatic carbocycles. The molecular weight excluding hydrogens is 244 g/mol. The van der Waals surface area contributed by atoms with Crippen molar-refractivity contribution in [1.82, 2.24) is 0 Å². The number of aromatic nitrogens is 1. The minimum Gasteiger partial charge on any atom is -0.617 e. The van der Waals surface area contributed by atoms with E-state index in [2.05, 4.69) is 6.92 Å². The molecule has 0 atom stereocenters. The van der Waals surface area contributed by atoms with Gasteiger partial charge in [-0.15, -0.1) is 0 Å². The summed E-state index contributed by atoms with van der Waals surface area (Å²) >= 11 is 5.65. The summed E-state index contributed by atoms with van der Waals surface area (Å²) in [6, 6.07) is 2.37. The van der Waals surface area contributed by atoms with E-state index < -0.39 is 4.92 Å². The van der Waals surface area contributed by atoms with Crippen molar-refractivity contribution in [3.05, 3.63) is 38.3 Å². The molecule has 0 spiro atoms. The van der Waals surface area contributed by atoms with Crippen LogP contribution in [0.5, 0.6) is 0 Å². The van der Waals surface area contributed by atoms with Crippen LogP contribution in [-0.4, -0.2) is 4.92 Å². The number of unbranched alkanes of at least 4 members (excludes halogenated alkanes) is 3. The van der Waals surface area contributed by atoms with E-state index in [1.165, 1.54) is 6.07 Å². The Morgan fingerprint density at radius 3 is 2.65 bits per heavy atom. The Morgan fingerprint density at radius 2 is 2.06 bits per heavy atom. The molecule has 0 amide bonds. The van der Waals surface area contributed by atoms with Crippen LogP contribution in [0.1, 0.15) is 38.3 Å². The van der Waals surface area contributed by atoms with Crippen LogP contribution < -0.4 is 4.73 Å². The fraction of sp³-hybridized carbons (Fsp3) is 0.545. The van der Waals surface area contributed by atoms with Gasteiger partial charge in [-0.3, -0.25) is 10.1 Å². The maximum Gasteiger partial charge on any atom is 0.293 e. The molecule has 5 nitrogen and oxygen atoms in total. The Hall–Kier alpha value is -1.36. The average Bonchev–Trinajstić information content (AvgIpc) is 2.29. The van der Waals surface area contributed by atoms with Gasteiger partial charge in [0.2, 0.25) is 5.69 Å². The third-order valence-corrected chi connectivity index (χ3v) is 2.80. The zero-order valence-corrected chi connectivity index (χ0v) is 10.4. The standard InChI is InChI=1S/C11H15ClN2O3/c1-2-3-4-5-6-9-7-10(14(16)17)8-11(12)13(9)15/h7-8H,2-6H2,1H3. The molecule has 0 unspecified atom stereocenters. The van der Waals surface area contributed by atoms with Crippen LogP contribution in [-0.2, 0) is 6.42 Å². The molecule has 17 heavy (non-hydrogen) atoms. The molecule has 1 aromatic rings. The average molecular weight is 259 g/mol. The minimum absolute atomic E-state index is 0.132. The second-order valence-corrected chi connectivity index (χ2v) is 4.28. The highest BCUT2D eigenvalue weighted by Gasteiger charge is 2.18. The first-order valence-electron chi connectivity index (χ1n) is 5.62. The molecule has 0 saturated heterocycles. The molecule has 94 valence electrons. The SMILES string of the molecule is CCCCCCc1cc([N+](=O)[O-])cc(Cl)[n+]1[O-]. The van der Waals surface area contributed by atoms with Crippen molar-refractivity contribution in [1.29, 1.82) is 0 Å². The van der Waals surface area contributed by atoms with Crippen LogP contribution >= 0.6 is 11.6 Å². The largest absolute Gasteiger partial charge is 0.617 e. The lowest BCUT2D eigenvalue weighted by Crippen LogP contribution is -2.33. The van der Waals surface area contributed by atoms with Crippen LogP contribution in [0.25, 0.3) is 0 Å². The first kappa shape index (κ1) is 13.7. The van der Waals surface area contributed by atoms with Gasteiger partial charge in [-0.05, 0) is 18.0 Å². The molecule has 0 N–H and O–H groups in total. The van der Waals surface area contributed by atoms with Crippen molar-refractivity contribution >= 4 is 17.3 Å². The van der Waals surface area contributed by atoms with Crippen LogP contribution in [0.2, 0.25) is 5.15 Å². The van der Waals surface area contributed by atoms with Gasteiger partial charge < -0.3 is 5.21 Å². The maximum atomic E-state index is 11.6. The topological polar surface area (TPSA) is 70.1 Å². The second-order valence-electron chi connectivity index (χ2n) is 3.89. The molecule has 0 aliphatic rings. The van der Waals surface area contributed by atoms with E-state index in [0.717, 1.165) is 31.7 Å². The Kier molecular flexibility index (Phi) is 5.15. The van der Waals surface area contributed by atoms with Crippen molar-refractivity contribution in [2.45, 2.75) is 39.0 Å². The van der Waals surface area contributed by atoms with E-state index in [0.29, 0.717) is 16.8 Å². The number of halogens is 1. The monoisotopic (exact) mass is 258 g/mol. The molecule has 0 saturated carbocycles. The lowest BCUT2D eigenvalue weighted by Gasteiger charge is -2.05. The lowest BCUT2D eigenvalue weighted by molar-refractivity contribution is -0.612. The van der Waals surface area contributed by atoms with Gasteiger partial charge in [0, 0.05) is 6.42 Å². The quantitative estimate of drug-likeness (QED) is 0.197. The van der Waals surface area contributed by atoms with Crippen molar-refractivity contribution < 1.29 is 9.65 Å². The molecule has 0 bridgehead atoms. The summed E-state index contributed by atoms with van der Waals surface area (Å²) in [5, 5.41) is 22.0. The summed E-state index contributed by atoms with van der Waals surface area (Å²) in [6.45, 7) is 2.10. The number of nitrogens with zero attached hydrogens (tertiary/aromatic N) is 2. The Labute approximate surface area is 105 Å². The summed E-state index contributed by atoms with van der Waals surface area (Å²) in [7, 11) is 0. The Morgan fingerprint density at radius 1 is 1.35 bits per heavy atom. The summed E-state index contributed by atoms with van der Waals surface area (Å²) in [6.07, 6.45) is 4.57. The van der Waals surface area contributed by atoms with Crippen molar-refractivity contribution in [2.75, 3.05) is 0 Å². The molecule has 1 rings (SSSR count). The lowest BCUT2D eigenvalue weighted by atomic mass is 10.1. The molecule has 0 aliphatic heterocycles. The summed E-state index contributed by atoms with van der Waals surface area (Å²) in [5.41, 5.74) is 0.230. The first-order chi connectivity index (χ1) is 8.06. The highest BCUT2D eigenvalue weighted by Crippen LogP contribution is 2.17. The third-order valence-electron chi connectivity index (χ3n) is 2.53. The van der Waals surface area contributed by atoms with Crippen LogP contribution in [0, 0.1) is 15.3 Å². The molecule has 0 radical (unpaired) electrons. The molecule has 0 fully saturated rings. The molecule has 6 heteroatoms. The van der Waals surface area contributed by atoms with E-state index in [9.17, 15) is 15.3 Å². The van der Waals surface area contributed by atoms with E-state index in [4.69, 9.17) is 11.6 Å².